The summed E-state index contributed by atoms with van der Waals surface area (Å²) >= 11 is 0. The van der Waals surface area contributed by atoms with E-state index in [0.717, 1.165) is 25.5 Å². The quantitative estimate of drug-likeness (QED) is 0.875. The van der Waals surface area contributed by atoms with Crippen molar-refractivity contribution in [2.45, 2.75) is 19.3 Å². The van der Waals surface area contributed by atoms with Gasteiger partial charge in [-0.3, -0.25) is 4.90 Å². The van der Waals surface area contributed by atoms with E-state index in [4.69, 9.17) is 0 Å². The van der Waals surface area contributed by atoms with Crippen molar-refractivity contribution in [3.05, 3.63) is 29.3 Å². The molecule has 0 radical (unpaired) electrons. The number of hydrogen-bond donors (Lipinski definition) is 1. The van der Waals surface area contributed by atoms with Gasteiger partial charge in [-0.15, -0.1) is 0 Å². The number of benzene rings is 1. The minimum atomic E-state index is -0.680. The molecule has 0 aliphatic carbocycles. The third kappa shape index (κ3) is 3.08. The van der Waals surface area contributed by atoms with Crippen LogP contribution in [0.1, 0.15) is 18.4 Å². The molecule has 140 valence electrons. The molecular weight excluding hydrogens is 342 g/mol. The van der Waals surface area contributed by atoms with E-state index in [1.807, 2.05) is 4.90 Å². The molecule has 1 aromatic rings. The van der Waals surface area contributed by atoms with Gasteiger partial charge in [-0.05, 0) is 36.8 Å². The second-order valence-electron chi connectivity index (χ2n) is 7.19. The molecule has 4 rings (SSSR count). The number of rotatable bonds is 2. The van der Waals surface area contributed by atoms with Crippen molar-refractivity contribution < 1.29 is 18.4 Å². The van der Waals surface area contributed by atoms with Gasteiger partial charge in [0, 0.05) is 45.3 Å². The van der Waals surface area contributed by atoms with Gasteiger partial charge in [0.05, 0.1) is 5.69 Å². The zero-order valence-corrected chi connectivity index (χ0v) is 14.5. The van der Waals surface area contributed by atoms with Crippen LogP contribution in [-0.2, 0) is 6.42 Å². The van der Waals surface area contributed by atoms with Gasteiger partial charge in [-0.25, -0.2) is 18.4 Å². The fourth-order valence-electron chi connectivity index (χ4n) is 4.12. The number of fused-ring (bicyclic) bond motifs is 1. The third-order valence-corrected chi connectivity index (χ3v) is 5.52. The number of anilines is 1. The van der Waals surface area contributed by atoms with Gasteiger partial charge in [-0.2, -0.15) is 0 Å². The number of halogens is 2. The number of carbonyl (C=O) groups is 2. The fourth-order valence-corrected chi connectivity index (χ4v) is 4.12. The number of nitrogens with zero attached hydrogens (tertiary/aromatic N) is 3. The number of amides is 4. The molecule has 8 heteroatoms. The second kappa shape index (κ2) is 6.74. The lowest BCUT2D eigenvalue weighted by molar-refractivity contribution is 0.159. The van der Waals surface area contributed by atoms with Crippen LogP contribution >= 0.6 is 0 Å². The van der Waals surface area contributed by atoms with E-state index in [9.17, 15) is 18.4 Å². The smallest absolute Gasteiger partial charge is 0.324 e. The Morgan fingerprint density at radius 2 is 1.92 bits per heavy atom. The SMILES string of the molecule is O=C1NCCN1CC1CCN(C(=O)N2CCc3cc(F)cc(F)c32)CC1. The van der Waals surface area contributed by atoms with Crippen molar-refractivity contribution >= 4 is 17.7 Å². The van der Waals surface area contributed by atoms with E-state index >= 15 is 0 Å². The van der Waals surface area contributed by atoms with Crippen LogP contribution in [-0.4, -0.2) is 61.1 Å². The van der Waals surface area contributed by atoms with Gasteiger partial charge in [-0.1, -0.05) is 0 Å². The highest BCUT2D eigenvalue weighted by Gasteiger charge is 2.34. The minimum absolute atomic E-state index is 0.0140. The van der Waals surface area contributed by atoms with Crippen LogP contribution in [0.25, 0.3) is 0 Å². The van der Waals surface area contributed by atoms with Crippen LogP contribution in [0.5, 0.6) is 0 Å². The van der Waals surface area contributed by atoms with Crippen molar-refractivity contribution in [1.82, 2.24) is 15.1 Å². The van der Waals surface area contributed by atoms with E-state index in [2.05, 4.69) is 5.32 Å². The molecule has 0 aromatic heterocycles. The molecule has 1 aromatic carbocycles. The third-order valence-electron chi connectivity index (χ3n) is 5.52. The van der Waals surface area contributed by atoms with Crippen LogP contribution in [0.3, 0.4) is 0 Å². The lowest BCUT2D eigenvalue weighted by Gasteiger charge is -2.35. The summed E-state index contributed by atoms with van der Waals surface area (Å²) in [6.45, 7) is 3.70. The summed E-state index contributed by atoms with van der Waals surface area (Å²) in [4.78, 5) is 29.5. The Labute approximate surface area is 150 Å². The van der Waals surface area contributed by atoms with Crippen molar-refractivity contribution in [1.29, 1.82) is 0 Å². The number of carbonyl (C=O) groups excluding carboxylic acids is 2. The van der Waals surface area contributed by atoms with Crippen LogP contribution in [0.4, 0.5) is 24.1 Å². The summed E-state index contributed by atoms with van der Waals surface area (Å²) < 4.78 is 27.5. The van der Waals surface area contributed by atoms with E-state index in [0.29, 0.717) is 50.6 Å². The van der Waals surface area contributed by atoms with Gasteiger partial charge < -0.3 is 15.1 Å². The van der Waals surface area contributed by atoms with Gasteiger partial charge in [0.25, 0.3) is 0 Å². The zero-order valence-electron chi connectivity index (χ0n) is 14.5. The molecule has 1 N–H and O–H groups in total. The van der Waals surface area contributed by atoms with Crippen LogP contribution in [0, 0.1) is 17.6 Å². The molecule has 3 heterocycles. The van der Waals surface area contributed by atoms with Crippen molar-refractivity contribution in [2.75, 3.05) is 44.2 Å². The molecule has 3 aliphatic rings. The summed E-state index contributed by atoms with van der Waals surface area (Å²) in [6, 6.07) is 1.91. The summed E-state index contributed by atoms with van der Waals surface area (Å²) in [5, 5.41) is 2.80. The molecular formula is C18H22F2N4O2. The largest absolute Gasteiger partial charge is 0.336 e. The summed E-state index contributed by atoms with van der Waals surface area (Å²) in [5.74, 6) is -0.914. The van der Waals surface area contributed by atoms with Gasteiger partial charge in [0.1, 0.15) is 11.6 Å². The second-order valence-corrected chi connectivity index (χ2v) is 7.19. The van der Waals surface area contributed by atoms with Crippen LogP contribution in [0.2, 0.25) is 0 Å². The Balaban J connectivity index is 1.37. The normalized spacial score (nSPS) is 20.5. The highest BCUT2D eigenvalue weighted by Crippen LogP contribution is 2.33. The first-order chi connectivity index (χ1) is 12.5. The molecule has 0 spiro atoms. The van der Waals surface area contributed by atoms with Gasteiger partial charge in [0.15, 0.2) is 0 Å². The maximum absolute atomic E-state index is 14.2. The fraction of sp³-hybridized carbons (Fsp3) is 0.556. The Kier molecular flexibility index (Phi) is 4.42. The predicted octanol–water partition coefficient (Wildman–Crippen LogP) is 2.18. The first kappa shape index (κ1) is 17.1. The lowest BCUT2D eigenvalue weighted by Crippen LogP contribution is -2.47. The first-order valence-corrected chi connectivity index (χ1v) is 9.10. The van der Waals surface area contributed by atoms with Gasteiger partial charge in [0.2, 0.25) is 0 Å². The monoisotopic (exact) mass is 364 g/mol. The van der Waals surface area contributed by atoms with E-state index < -0.39 is 11.6 Å². The number of nitrogens with one attached hydrogen (secondary N) is 1. The Morgan fingerprint density at radius 3 is 2.62 bits per heavy atom. The zero-order chi connectivity index (χ0) is 18.3. The molecule has 3 aliphatic heterocycles. The molecule has 0 atom stereocenters. The maximum atomic E-state index is 14.2. The Morgan fingerprint density at radius 1 is 1.15 bits per heavy atom. The number of hydrogen-bond acceptors (Lipinski definition) is 2. The van der Waals surface area contributed by atoms with E-state index in [1.165, 1.54) is 11.0 Å². The molecule has 2 saturated heterocycles. The Bertz CT molecular complexity index is 734. The first-order valence-electron chi connectivity index (χ1n) is 9.10. The molecule has 0 bridgehead atoms. The molecule has 0 saturated carbocycles. The van der Waals surface area contributed by atoms with Crippen molar-refractivity contribution in [3.8, 4) is 0 Å². The summed E-state index contributed by atoms with van der Waals surface area (Å²) in [5.41, 5.74) is 0.762. The number of urea groups is 2. The number of likely N-dealkylation sites (tertiary alicyclic amines) is 1. The molecule has 6 nitrogen and oxygen atoms in total. The van der Waals surface area contributed by atoms with Gasteiger partial charge >= 0.3 is 12.1 Å². The molecule has 0 unspecified atom stereocenters. The lowest BCUT2D eigenvalue weighted by atomic mass is 9.96. The molecule has 4 amide bonds. The minimum Gasteiger partial charge on any atom is -0.336 e. The maximum Gasteiger partial charge on any atom is 0.324 e. The highest BCUT2D eigenvalue weighted by atomic mass is 19.1. The van der Waals surface area contributed by atoms with Crippen molar-refractivity contribution in [2.24, 2.45) is 5.92 Å². The topological polar surface area (TPSA) is 55.9 Å². The average molecular weight is 364 g/mol. The summed E-state index contributed by atoms with van der Waals surface area (Å²) in [7, 11) is 0. The average Bonchev–Trinajstić information content (AvgIpc) is 3.21. The summed E-state index contributed by atoms with van der Waals surface area (Å²) in [6.07, 6.45) is 2.11. The highest BCUT2D eigenvalue weighted by molar-refractivity contribution is 5.94. The number of piperidine rings is 1. The Hall–Kier alpha value is -2.38. The van der Waals surface area contributed by atoms with E-state index in [1.54, 1.807) is 4.90 Å². The standard InChI is InChI=1S/C18H22F2N4O2/c19-14-9-13-3-7-24(16(13)15(20)10-14)18(26)22-5-1-12(2-6-22)11-23-8-4-21-17(23)25/h9-10,12H,1-8,11H2,(H,21,25). The molecule has 26 heavy (non-hydrogen) atoms. The van der Waals surface area contributed by atoms with Crippen LogP contribution in [0.15, 0.2) is 12.1 Å². The molecule has 2 fully saturated rings. The predicted molar refractivity (Wildman–Crippen MR) is 92.1 cm³/mol. The van der Waals surface area contributed by atoms with Crippen molar-refractivity contribution in [3.63, 3.8) is 0 Å². The van der Waals surface area contributed by atoms with E-state index in [-0.39, 0.29) is 17.7 Å². The van der Waals surface area contributed by atoms with Crippen LogP contribution < -0.4 is 10.2 Å².